The lowest BCUT2D eigenvalue weighted by Crippen LogP contribution is -2.46. The Bertz CT molecular complexity index is 1240. The standard InChI is InChI=1S/C28H36N2O6S/c1-5-20(2)36-30(37(33,34)24-16-14-23(35-4)15-17-24)19-28(32)26(18-22-10-7-6-8-11-22)29-25-12-9-13-27(31)21(25)3/h6-17,20,26,28-29,31-32H,5,18-19H2,1-4H3/t20?,26-,28+/m0/s1. The van der Waals surface area contributed by atoms with Crippen LogP contribution < -0.4 is 10.1 Å². The Balaban J connectivity index is 1.93. The molecule has 37 heavy (non-hydrogen) atoms. The number of phenols is 1. The molecular weight excluding hydrogens is 492 g/mol. The van der Waals surface area contributed by atoms with E-state index in [0.29, 0.717) is 29.8 Å². The van der Waals surface area contributed by atoms with E-state index >= 15 is 0 Å². The van der Waals surface area contributed by atoms with E-state index in [2.05, 4.69) is 5.32 Å². The molecule has 0 bridgehead atoms. The van der Waals surface area contributed by atoms with Crippen LogP contribution in [0.1, 0.15) is 31.4 Å². The van der Waals surface area contributed by atoms with Crippen molar-refractivity contribution in [2.24, 2.45) is 0 Å². The number of nitrogens with zero attached hydrogens (tertiary/aromatic N) is 1. The van der Waals surface area contributed by atoms with Gasteiger partial charge in [-0.15, -0.1) is 0 Å². The van der Waals surface area contributed by atoms with Crippen molar-refractivity contribution in [1.82, 2.24) is 4.47 Å². The topological polar surface area (TPSA) is 108 Å². The van der Waals surface area contributed by atoms with Gasteiger partial charge in [-0.1, -0.05) is 47.8 Å². The van der Waals surface area contributed by atoms with E-state index in [1.54, 1.807) is 44.2 Å². The highest BCUT2D eigenvalue weighted by Gasteiger charge is 2.32. The van der Waals surface area contributed by atoms with Gasteiger partial charge in [0.05, 0.1) is 36.8 Å². The monoisotopic (exact) mass is 528 g/mol. The summed E-state index contributed by atoms with van der Waals surface area (Å²) in [5.41, 5.74) is 2.24. The first-order chi connectivity index (χ1) is 17.6. The summed E-state index contributed by atoms with van der Waals surface area (Å²) in [5, 5.41) is 24.9. The highest BCUT2D eigenvalue weighted by Crippen LogP contribution is 2.27. The molecule has 0 aliphatic carbocycles. The van der Waals surface area contributed by atoms with Gasteiger partial charge in [-0.3, -0.25) is 4.84 Å². The summed E-state index contributed by atoms with van der Waals surface area (Å²) in [7, 11) is -2.59. The predicted octanol–water partition coefficient (Wildman–Crippen LogP) is 4.51. The Labute approximate surface area is 219 Å². The van der Waals surface area contributed by atoms with Crippen LogP contribution in [0.25, 0.3) is 0 Å². The van der Waals surface area contributed by atoms with E-state index < -0.39 is 28.3 Å². The van der Waals surface area contributed by atoms with E-state index in [1.165, 1.54) is 19.2 Å². The van der Waals surface area contributed by atoms with Gasteiger partial charge in [-0.2, -0.15) is 0 Å². The van der Waals surface area contributed by atoms with Gasteiger partial charge in [0, 0.05) is 11.3 Å². The third-order valence-electron chi connectivity index (χ3n) is 6.24. The van der Waals surface area contributed by atoms with Gasteiger partial charge in [0.25, 0.3) is 10.0 Å². The molecule has 0 aromatic heterocycles. The third kappa shape index (κ3) is 7.45. The molecule has 0 aliphatic rings. The second kappa shape index (κ2) is 12.9. The normalized spacial score (nSPS) is 14.2. The van der Waals surface area contributed by atoms with Gasteiger partial charge in [-0.05, 0) is 68.7 Å². The van der Waals surface area contributed by atoms with Crippen molar-refractivity contribution in [3.8, 4) is 11.5 Å². The van der Waals surface area contributed by atoms with E-state index in [-0.39, 0.29) is 17.2 Å². The first kappa shape index (κ1) is 28.5. The van der Waals surface area contributed by atoms with Crippen molar-refractivity contribution >= 4 is 15.7 Å². The Kier molecular flexibility index (Phi) is 9.93. The number of rotatable bonds is 13. The number of phenolic OH excluding ortho intramolecular Hbond substituents is 1. The Hall–Kier alpha value is -3.11. The molecule has 0 saturated carbocycles. The fraction of sp³-hybridized carbons (Fsp3) is 0.357. The van der Waals surface area contributed by atoms with E-state index in [4.69, 9.17) is 9.57 Å². The molecule has 200 valence electrons. The first-order valence-corrected chi connectivity index (χ1v) is 13.7. The summed E-state index contributed by atoms with van der Waals surface area (Å²) < 4.78 is 33.1. The van der Waals surface area contributed by atoms with Crippen LogP contribution in [0.4, 0.5) is 5.69 Å². The van der Waals surface area contributed by atoms with Gasteiger partial charge >= 0.3 is 0 Å². The highest BCUT2D eigenvalue weighted by molar-refractivity contribution is 7.89. The summed E-state index contributed by atoms with van der Waals surface area (Å²) in [6.45, 7) is 5.14. The van der Waals surface area contributed by atoms with Crippen LogP contribution in [0.5, 0.6) is 11.5 Å². The van der Waals surface area contributed by atoms with E-state index in [1.807, 2.05) is 37.3 Å². The Morgan fingerprint density at radius 1 is 1.00 bits per heavy atom. The van der Waals surface area contributed by atoms with Gasteiger partial charge in [-0.25, -0.2) is 8.42 Å². The maximum absolute atomic E-state index is 13.6. The SMILES string of the molecule is CCC(C)ON(C[C@@H](O)[C@H](Cc1ccccc1)Nc1cccc(O)c1C)S(=O)(=O)c1ccc(OC)cc1. The molecule has 0 saturated heterocycles. The molecule has 3 N–H and O–H groups in total. The number of hydrogen-bond acceptors (Lipinski definition) is 7. The van der Waals surface area contributed by atoms with Crippen molar-refractivity contribution in [3.05, 3.63) is 83.9 Å². The van der Waals surface area contributed by atoms with Crippen LogP contribution in [-0.4, -0.2) is 55.0 Å². The van der Waals surface area contributed by atoms with Crippen LogP contribution in [0.15, 0.2) is 77.7 Å². The summed E-state index contributed by atoms with van der Waals surface area (Å²) in [6.07, 6.45) is -0.552. The summed E-state index contributed by atoms with van der Waals surface area (Å²) in [4.78, 5) is 5.85. The largest absolute Gasteiger partial charge is 0.508 e. The molecule has 0 spiro atoms. The molecule has 1 unspecified atom stereocenters. The summed E-state index contributed by atoms with van der Waals surface area (Å²) in [5.74, 6) is 0.656. The lowest BCUT2D eigenvalue weighted by molar-refractivity contribution is -0.141. The molecule has 0 aliphatic heterocycles. The molecule has 3 aromatic carbocycles. The maximum atomic E-state index is 13.6. The number of methoxy groups -OCH3 is 1. The van der Waals surface area contributed by atoms with Gasteiger partial charge in [0.2, 0.25) is 0 Å². The number of hydroxylamine groups is 1. The number of aliphatic hydroxyl groups excluding tert-OH is 1. The molecule has 0 radical (unpaired) electrons. The van der Waals surface area contributed by atoms with Crippen LogP contribution in [0, 0.1) is 6.92 Å². The van der Waals surface area contributed by atoms with Crippen molar-refractivity contribution in [1.29, 1.82) is 0 Å². The number of hydrogen-bond donors (Lipinski definition) is 3. The maximum Gasteiger partial charge on any atom is 0.265 e. The molecule has 8 nitrogen and oxygen atoms in total. The number of aromatic hydroxyl groups is 1. The van der Waals surface area contributed by atoms with Crippen molar-refractivity contribution in [2.75, 3.05) is 19.0 Å². The summed E-state index contributed by atoms with van der Waals surface area (Å²) >= 11 is 0. The number of nitrogens with one attached hydrogen (secondary N) is 1. The zero-order chi connectivity index (χ0) is 27.0. The Morgan fingerprint density at radius 2 is 1.68 bits per heavy atom. The van der Waals surface area contributed by atoms with E-state index in [9.17, 15) is 18.6 Å². The molecule has 3 atom stereocenters. The van der Waals surface area contributed by atoms with Gasteiger partial charge < -0.3 is 20.3 Å². The fourth-order valence-corrected chi connectivity index (χ4v) is 5.07. The zero-order valence-electron chi connectivity index (χ0n) is 21.7. The predicted molar refractivity (Wildman–Crippen MR) is 144 cm³/mol. The molecule has 3 aromatic rings. The van der Waals surface area contributed by atoms with Crippen molar-refractivity contribution in [2.45, 2.75) is 56.8 Å². The molecule has 3 rings (SSSR count). The van der Waals surface area contributed by atoms with Crippen LogP contribution >= 0.6 is 0 Å². The minimum atomic E-state index is -4.09. The second-order valence-electron chi connectivity index (χ2n) is 8.95. The zero-order valence-corrected chi connectivity index (χ0v) is 22.5. The van der Waals surface area contributed by atoms with Crippen LogP contribution in [0.2, 0.25) is 0 Å². The molecule has 9 heteroatoms. The lowest BCUT2D eigenvalue weighted by Gasteiger charge is -2.31. The van der Waals surface area contributed by atoms with Crippen LogP contribution in [0.3, 0.4) is 0 Å². The van der Waals surface area contributed by atoms with Crippen molar-refractivity contribution in [3.63, 3.8) is 0 Å². The van der Waals surface area contributed by atoms with Gasteiger partial charge in [0.1, 0.15) is 11.5 Å². The lowest BCUT2D eigenvalue weighted by atomic mass is 10.00. The molecular formula is C28H36N2O6S. The number of benzene rings is 3. The number of anilines is 1. The summed E-state index contributed by atoms with van der Waals surface area (Å²) in [6, 6.07) is 20.2. The fourth-order valence-electron chi connectivity index (χ4n) is 3.75. The highest BCUT2D eigenvalue weighted by atomic mass is 32.2. The van der Waals surface area contributed by atoms with Gasteiger partial charge in [0.15, 0.2) is 0 Å². The molecule has 0 amide bonds. The quantitative estimate of drug-likeness (QED) is 0.280. The van der Waals surface area contributed by atoms with E-state index in [0.717, 1.165) is 10.0 Å². The van der Waals surface area contributed by atoms with Crippen molar-refractivity contribution < 1.29 is 28.2 Å². The number of aliphatic hydroxyl groups is 1. The smallest absolute Gasteiger partial charge is 0.265 e. The average molecular weight is 529 g/mol. The Morgan fingerprint density at radius 3 is 2.30 bits per heavy atom. The minimum absolute atomic E-state index is 0.0280. The third-order valence-corrected chi connectivity index (χ3v) is 7.88. The number of ether oxygens (including phenoxy) is 1. The first-order valence-electron chi connectivity index (χ1n) is 12.3. The molecule has 0 heterocycles. The second-order valence-corrected chi connectivity index (χ2v) is 10.8. The molecule has 0 fully saturated rings. The minimum Gasteiger partial charge on any atom is -0.508 e. The number of sulfonamides is 1. The van der Waals surface area contributed by atoms with Crippen LogP contribution in [-0.2, 0) is 21.3 Å². The average Bonchev–Trinajstić information content (AvgIpc) is 2.90.